The molecular formula is C24H23NO5. The van der Waals surface area contributed by atoms with E-state index in [0.717, 1.165) is 5.56 Å². The normalized spacial score (nSPS) is 10.6. The SMILES string of the molecule is COc1ccc(/C=C/C(=O)Nc2ccccc2COc2ccccc2OC)cc1O. The van der Waals surface area contributed by atoms with E-state index in [2.05, 4.69) is 5.32 Å². The van der Waals surface area contributed by atoms with Crippen molar-refractivity contribution in [3.05, 3.63) is 83.9 Å². The zero-order valence-corrected chi connectivity index (χ0v) is 16.8. The Balaban J connectivity index is 1.66. The fraction of sp³-hybridized carbons (Fsp3) is 0.125. The van der Waals surface area contributed by atoms with Gasteiger partial charge in [0.25, 0.3) is 0 Å². The van der Waals surface area contributed by atoms with Crippen LogP contribution in [-0.2, 0) is 11.4 Å². The third kappa shape index (κ3) is 5.32. The van der Waals surface area contributed by atoms with Crippen LogP contribution in [0.4, 0.5) is 5.69 Å². The predicted octanol–water partition coefficient (Wildman–Crippen LogP) is 4.64. The van der Waals surface area contributed by atoms with Gasteiger partial charge in [-0.15, -0.1) is 0 Å². The number of rotatable bonds is 8. The van der Waals surface area contributed by atoms with Crippen LogP contribution in [0.1, 0.15) is 11.1 Å². The Hall–Kier alpha value is -3.93. The number of phenolic OH excluding ortho intramolecular Hbond substituents is 1. The van der Waals surface area contributed by atoms with E-state index in [9.17, 15) is 9.90 Å². The Bertz CT molecular complexity index is 1050. The molecule has 0 spiro atoms. The molecule has 0 aliphatic rings. The van der Waals surface area contributed by atoms with E-state index < -0.39 is 0 Å². The van der Waals surface area contributed by atoms with Crippen molar-refractivity contribution in [2.45, 2.75) is 6.61 Å². The van der Waals surface area contributed by atoms with Gasteiger partial charge in [0, 0.05) is 17.3 Å². The molecule has 0 aliphatic carbocycles. The fourth-order valence-electron chi connectivity index (χ4n) is 2.82. The maximum atomic E-state index is 12.4. The average molecular weight is 405 g/mol. The number of carbonyl (C=O) groups is 1. The summed E-state index contributed by atoms with van der Waals surface area (Å²) in [4.78, 5) is 12.4. The predicted molar refractivity (Wildman–Crippen MR) is 116 cm³/mol. The van der Waals surface area contributed by atoms with Crippen LogP contribution in [0.25, 0.3) is 6.08 Å². The van der Waals surface area contributed by atoms with Crippen LogP contribution in [0.3, 0.4) is 0 Å². The standard InChI is InChI=1S/C24H23NO5/c1-28-21-13-11-17(15-20(21)26)12-14-24(27)25-19-8-4-3-7-18(19)16-30-23-10-6-5-9-22(23)29-2/h3-15,26H,16H2,1-2H3,(H,25,27)/b14-12+. The summed E-state index contributed by atoms with van der Waals surface area (Å²) in [5.41, 5.74) is 2.16. The van der Waals surface area contributed by atoms with E-state index >= 15 is 0 Å². The van der Waals surface area contributed by atoms with Crippen molar-refractivity contribution in [2.24, 2.45) is 0 Å². The van der Waals surface area contributed by atoms with Gasteiger partial charge < -0.3 is 24.6 Å². The Morgan fingerprint density at radius 2 is 1.63 bits per heavy atom. The minimum absolute atomic E-state index is 0.0129. The van der Waals surface area contributed by atoms with Crippen molar-refractivity contribution in [3.63, 3.8) is 0 Å². The van der Waals surface area contributed by atoms with Crippen LogP contribution in [-0.4, -0.2) is 25.2 Å². The van der Waals surface area contributed by atoms with Crippen molar-refractivity contribution in [3.8, 4) is 23.0 Å². The van der Waals surface area contributed by atoms with Gasteiger partial charge in [0.05, 0.1) is 14.2 Å². The molecule has 0 saturated heterocycles. The Morgan fingerprint density at radius 1 is 0.933 bits per heavy atom. The number of phenols is 1. The molecule has 3 rings (SSSR count). The topological polar surface area (TPSA) is 77.0 Å². The molecule has 0 aromatic heterocycles. The maximum absolute atomic E-state index is 12.4. The first-order chi connectivity index (χ1) is 14.6. The molecule has 6 heteroatoms. The number of hydrogen-bond acceptors (Lipinski definition) is 5. The van der Waals surface area contributed by atoms with Gasteiger partial charge in [0.1, 0.15) is 6.61 Å². The number of nitrogens with one attached hydrogen (secondary N) is 1. The van der Waals surface area contributed by atoms with E-state index in [-0.39, 0.29) is 18.3 Å². The molecule has 0 saturated carbocycles. The van der Waals surface area contributed by atoms with Gasteiger partial charge in [-0.05, 0) is 42.0 Å². The Labute approximate surface area is 175 Å². The first-order valence-electron chi connectivity index (χ1n) is 9.30. The molecule has 3 aromatic carbocycles. The molecule has 0 heterocycles. The number of aromatic hydroxyl groups is 1. The summed E-state index contributed by atoms with van der Waals surface area (Å²) in [7, 11) is 3.07. The van der Waals surface area contributed by atoms with Crippen LogP contribution in [0.15, 0.2) is 72.8 Å². The van der Waals surface area contributed by atoms with Crippen LogP contribution >= 0.6 is 0 Å². The lowest BCUT2D eigenvalue weighted by molar-refractivity contribution is -0.111. The quantitative estimate of drug-likeness (QED) is 0.534. The molecule has 2 N–H and O–H groups in total. The molecule has 0 atom stereocenters. The van der Waals surface area contributed by atoms with Crippen molar-refractivity contribution >= 4 is 17.7 Å². The van der Waals surface area contributed by atoms with E-state index in [4.69, 9.17) is 14.2 Å². The number of ether oxygens (including phenoxy) is 3. The summed E-state index contributed by atoms with van der Waals surface area (Å²) in [5.74, 6) is 1.36. The van der Waals surface area contributed by atoms with Gasteiger partial charge in [-0.1, -0.05) is 36.4 Å². The summed E-state index contributed by atoms with van der Waals surface area (Å²) in [6, 6.07) is 19.7. The van der Waals surface area contributed by atoms with E-state index in [1.807, 2.05) is 48.5 Å². The van der Waals surface area contributed by atoms with E-state index in [1.54, 1.807) is 25.3 Å². The van der Waals surface area contributed by atoms with Gasteiger partial charge in [0.15, 0.2) is 23.0 Å². The molecule has 0 radical (unpaired) electrons. The van der Waals surface area contributed by atoms with Crippen LogP contribution in [0, 0.1) is 0 Å². The second-order valence-electron chi connectivity index (χ2n) is 6.35. The lowest BCUT2D eigenvalue weighted by atomic mass is 10.1. The highest BCUT2D eigenvalue weighted by atomic mass is 16.5. The molecule has 0 fully saturated rings. The fourth-order valence-corrected chi connectivity index (χ4v) is 2.82. The highest BCUT2D eigenvalue weighted by Gasteiger charge is 2.08. The summed E-state index contributed by atoms with van der Waals surface area (Å²) in [6.07, 6.45) is 3.02. The number of methoxy groups -OCH3 is 2. The van der Waals surface area contributed by atoms with Gasteiger partial charge in [0.2, 0.25) is 5.91 Å². The lowest BCUT2D eigenvalue weighted by Gasteiger charge is -2.13. The number of amides is 1. The second-order valence-corrected chi connectivity index (χ2v) is 6.35. The number of benzene rings is 3. The third-order valence-corrected chi connectivity index (χ3v) is 4.36. The molecule has 0 aliphatic heterocycles. The second kappa shape index (κ2) is 10.0. The molecule has 0 unspecified atom stereocenters. The highest BCUT2D eigenvalue weighted by Crippen LogP contribution is 2.28. The molecule has 3 aromatic rings. The van der Waals surface area contributed by atoms with Crippen LogP contribution in [0.5, 0.6) is 23.0 Å². The van der Waals surface area contributed by atoms with Crippen LogP contribution < -0.4 is 19.5 Å². The maximum Gasteiger partial charge on any atom is 0.248 e. The largest absolute Gasteiger partial charge is 0.504 e. The number of para-hydroxylation sites is 3. The average Bonchev–Trinajstić information content (AvgIpc) is 2.77. The van der Waals surface area contributed by atoms with Gasteiger partial charge in [-0.3, -0.25) is 4.79 Å². The monoisotopic (exact) mass is 405 g/mol. The zero-order chi connectivity index (χ0) is 21.3. The van der Waals surface area contributed by atoms with E-state index in [1.165, 1.54) is 19.3 Å². The number of hydrogen-bond donors (Lipinski definition) is 2. The first kappa shape index (κ1) is 20.8. The zero-order valence-electron chi connectivity index (χ0n) is 16.8. The third-order valence-electron chi connectivity index (χ3n) is 4.36. The molecule has 1 amide bonds. The van der Waals surface area contributed by atoms with Crippen molar-refractivity contribution < 1.29 is 24.1 Å². The summed E-state index contributed by atoms with van der Waals surface area (Å²) in [5, 5.41) is 12.7. The molecular weight excluding hydrogens is 382 g/mol. The summed E-state index contributed by atoms with van der Waals surface area (Å²) in [6.45, 7) is 0.271. The summed E-state index contributed by atoms with van der Waals surface area (Å²) >= 11 is 0. The highest BCUT2D eigenvalue weighted by molar-refractivity contribution is 6.02. The van der Waals surface area contributed by atoms with Crippen molar-refractivity contribution in [1.29, 1.82) is 0 Å². The van der Waals surface area contributed by atoms with Crippen molar-refractivity contribution in [1.82, 2.24) is 0 Å². The van der Waals surface area contributed by atoms with Crippen LogP contribution in [0.2, 0.25) is 0 Å². The molecule has 0 bridgehead atoms. The Kier molecular flexibility index (Phi) is 6.95. The number of anilines is 1. The minimum Gasteiger partial charge on any atom is -0.504 e. The smallest absolute Gasteiger partial charge is 0.248 e. The van der Waals surface area contributed by atoms with Crippen molar-refractivity contribution in [2.75, 3.05) is 19.5 Å². The Morgan fingerprint density at radius 3 is 2.37 bits per heavy atom. The van der Waals surface area contributed by atoms with Gasteiger partial charge >= 0.3 is 0 Å². The minimum atomic E-state index is -0.296. The van der Waals surface area contributed by atoms with Gasteiger partial charge in [-0.2, -0.15) is 0 Å². The first-order valence-corrected chi connectivity index (χ1v) is 9.30. The lowest BCUT2D eigenvalue weighted by Crippen LogP contribution is -2.10. The van der Waals surface area contributed by atoms with Gasteiger partial charge in [-0.25, -0.2) is 0 Å². The summed E-state index contributed by atoms with van der Waals surface area (Å²) < 4.78 is 16.2. The molecule has 30 heavy (non-hydrogen) atoms. The number of carbonyl (C=O) groups excluding carboxylic acids is 1. The molecule has 154 valence electrons. The molecule has 6 nitrogen and oxygen atoms in total. The van der Waals surface area contributed by atoms with E-state index in [0.29, 0.717) is 28.5 Å².